The van der Waals surface area contributed by atoms with Gasteiger partial charge < -0.3 is 14.6 Å². The molecule has 0 aromatic carbocycles. The molecule has 1 N–H and O–H groups in total. The van der Waals surface area contributed by atoms with Crippen LogP contribution in [0.3, 0.4) is 0 Å². The standard InChI is InChI=1S/C13H23N3O2/c1-13(2,3)10(17-4)11-15-12(18-16-11)9-5-7-14-8-6-9/h9-10,14H,5-8H2,1-4H3. The normalized spacial score (nSPS) is 20.0. The molecule has 5 heteroatoms. The number of nitrogens with zero attached hydrogens (tertiary/aromatic N) is 2. The molecule has 2 rings (SSSR count). The van der Waals surface area contributed by atoms with Crippen molar-refractivity contribution in [1.82, 2.24) is 15.5 Å². The van der Waals surface area contributed by atoms with E-state index < -0.39 is 0 Å². The van der Waals surface area contributed by atoms with Crippen molar-refractivity contribution in [2.75, 3.05) is 20.2 Å². The van der Waals surface area contributed by atoms with Gasteiger partial charge in [0.1, 0.15) is 6.10 Å². The second-order valence-corrected chi connectivity index (χ2v) is 6.00. The minimum Gasteiger partial charge on any atom is -0.373 e. The molecule has 0 aliphatic carbocycles. The summed E-state index contributed by atoms with van der Waals surface area (Å²) in [7, 11) is 1.69. The van der Waals surface area contributed by atoms with Gasteiger partial charge in [-0.15, -0.1) is 0 Å². The summed E-state index contributed by atoms with van der Waals surface area (Å²) in [5.41, 5.74) is -0.0377. The van der Waals surface area contributed by atoms with Gasteiger partial charge in [0.05, 0.1) is 0 Å². The summed E-state index contributed by atoms with van der Waals surface area (Å²) in [6.45, 7) is 8.38. The maximum atomic E-state index is 5.50. The Morgan fingerprint density at radius 1 is 1.33 bits per heavy atom. The summed E-state index contributed by atoms with van der Waals surface area (Å²) in [4.78, 5) is 4.54. The van der Waals surface area contributed by atoms with Crippen molar-refractivity contribution in [2.45, 2.75) is 45.6 Å². The fraction of sp³-hybridized carbons (Fsp3) is 0.846. The first-order valence-electron chi connectivity index (χ1n) is 6.59. The van der Waals surface area contributed by atoms with Crippen LogP contribution in [-0.4, -0.2) is 30.3 Å². The highest BCUT2D eigenvalue weighted by Gasteiger charge is 2.31. The molecular weight excluding hydrogens is 230 g/mol. The molecule has 0 radical (unpaired) electrons. The second-order valence-electron chi connectivity index (χ2n) is 6.00. The fourth-order valence-electron chi connectivity index (χ4n) is 2.43. The zero-order valence-electron chi connectivity index (χ0n) is 11.7. The van der Waals surface area contributed by atoms with Crippen molar-refractivity contribution in [3.8, 4) is 0 Å². The Kier molecular flexibility index (Phi) is 4.02. The van der Waals surface area contributed by atoms with E-state index in [4.69, 9.17) is 9.26 Å². The van der Waals surface area contributed by atoms with Crippen LogP contribution in [0.5, 0.6) is 0 Å². The second kappa shape index (κ2) is 5.36. The molecule has 1 aromatic heterocycles. The highest BCUT2D eigenvalue weighted by atomic mass is 16.5. The van der Waals surface area contributed by atoms with Crippen molar-refractivity contribution < 1.29 is 9.26 Å². The van der Waals surface area contributed by atoms with E-state index in [1.165, 1.54) is 0 Å². The molecule has 1 atom stereocenters. The largest absolute Gasteiger partial charge is 0.373 e. The number of piperidine rings is 1. The molecule has 2 heterocycles. The molecule has 1 aromatic rings. The first-order valence-corrected chi connectivity index (χ1v) is 6.59. The molecule has 0 saturated carbocycles. The lowest BCUT2D eigenvalue weighted by molar-refractivity contribution is 0.00718. The van der Waals surface area contributed by atoms with Crippen LogP contribution < -0.4 is 5.32 Å². The summed E-state index contributed by atoms with van der Waals surface area (Å²) >= 11 is 0. The molecular formula is C13H23N3O2. The predicted molar refractivity (Wildman–Crippen MR) is 68.3 cm³/mol. The number of ether oxygens (including phenoxy) is 1. The summed E-state index contributed by atoms with van der Waals surface area (Å²) in [5.74, 6) is 1.82. The van der Waals surface area contributed by atoms with Crippen LogP contribution in [0.25, 0.3) is 0 Å². The average molecular weight is 253 g/mol. The molecule has 0 bridgehead atoms. The molecule has 1 aliphatic heterocycles. The third-order valence-electron chi connectivity index (χ3n) is 3.40. The lowest BCUT2D eigenvalue weighted by Gasteiger charge is -2.26. The minimum atomic E-state index is -0.128. The van der Waals surface area contributed by atoms with Gasteiger partial charge in [-0.25, -0.2) is 0 Å². The molecule has 18 heavy (non-hydrogen) atoms. The van der Waals surface area contributed by atoms with E-state index in [1.54, 1.807) is 7.11 Å². The Balaban J connectivity index is 2.13. The Hall–Kier alpha value is -0.940. The maximum Gasteiger partial charge on any atom is 0.229 e. The molecule has 1 saturated heterocycles. The van der Waals surface area contributed by atoms with Gasteiger partial charge >= 0.3 is 0 Å². The molecule has 1 unspecified atom stereocenters. The maximum absolute atomic E-state index is 5.50. The van der Waals surface area contributed by atoms with E-state index in [9.17, 15) is 0 Å². The van der Waals surface area contributed by atoms with Crippen molar-refractivity contribution in [2.24, 2.45) is 5.41 Å². The lowest BCUT2D eigenvalue weighted by Crippen LogP contribution is -2.27. The first kappa shape index (κ1) is 13.5. The zero-order chi connectivity index (χ0) is 13.2. The topological polar surface area (TPSA) is 60.2 Å². The van der Waals surface area contributed by atoms with E-state index >= 15 is 0 Å². The Bertz CT molecular complexity index is 378. The number of aromatic nitrogens is 2. The summed E-state index contributed by atoms with van der Waals surface area (Å²) in [5, 5.41) is 7.43. The van der Waals surface area contributed by atoms with Crippen LogP contribution in [0.2, 0.25) is 0 Å². The van der Waals surface area contributed by atoms with E-state index in [1.807, 2.05) is 0 Å². The first-order chi connectivity index (χ1) is 8.52. The van der Waals surface area contributed by atoms with Gasteiger partial charge in [-0.1, -0.05) is 25.9 Å². The quantitative estimate of drug-likeness (QED) is 0.895. The Morgan fingerprint density at radius 2 is 2.00 bits per heavy atom. The van der Waals surface area contributed by atoms with Crippen LogP contribution >= 0.6 is 0 Å². The monoisotopic (exact) mass is 253 g/mol. The zero-order valence-corrected chi connectivity index (χ0v) is 11.7. The van der Waals surface area contributed by atoms with Crippen LogP contribution in [0.4, 0.5) is 0 Å². The van der Waals surface area contributed by atoms with Gasteiger partial charge in [0.2, 0.25) is 11.7 Å². The fourth-order valence-corrected chi connectivity index (χ4v) is 2.43. The third-order valence-corrected chi connectivity index (χ3v) is 3.40. The van der Waals surface area contributed by atoms with Gasteiger partial charge in [-0.05, 0) is 31.3 Å². The van der Waals surface area contributed by atoms with Crippen LogP contribution in [0.15, 0.2) is 4.52 Å². The van der Waals surface area contributed by atoms with E-state index in [-0.39, 0.29) is 11.5 Å². The van der Waals surface area contributed by atoms with Gasteiger partial charge in [0.15, 0.2) is 0 Å². The minimum absolute atomic E-state index is 0.0377. The molecule has 102 valence electrons. The molecule has 0 spiro atoms. The highest BCUT2D eigenvalue weighted by molar-refractivity contribution is 5.00. The van der Waals surface area contributed by atoms with Crippen molar-refractivity contribution in [3.05, 3.63) is 11.7 Å². The van der Waals surface area contributed by atoms with Crippen molar-refractivity contribution in [3.63, 3.8) is 0 Å². The highest BCUT2D eigenvalue weighted by Crippen LogP contribution is 2.35. The summed E-state index contributed by atoms with van der Waals surface area (Å²) < 4.78 is 10.9. The lowest BCUT2D eigenvalue weighted by atomic mass is 9.88. The third kappa shape index (κ3) is 2.90. The van der Waals surface area contributed by atoms with Crippen LogP contribution in [-0.2, 0) is 4.74 Å². The van der Waals surface area contributed by atoms with Gasteiger partial charge in [-0.3, -0.25) is 0 Å². The summed E-state index contributed by atoms with van der Waals surface area (Å²) in [6, 6.07) is 0. The van der Waals surface area contributed by atoms with E-state index in [2.05, 4.69) is 36.2 Å². The molecule has 0 amide bonds. The molecule has 1 fully saturated rings. The summed E-state index contributed by atoms with van der Waals surface area (Å²) in [6.07, 6.45) is 2.00. The number of nitrogens with one attached hydrogen (secondary N) is 1. The predicted octanol–water partition coefficient (Wildman–Crippen LogP) is 2.27. The van der Waals surface area contributed by atoms with Crippen molar-refractivity contribution in [1.29, 1.82) is 0 Å². The number of hydrogen-bond donors (Lipinski definition) is 1. The Morgan fingerprint density at radius 3 is 2.56 bits per heavy atom. The molecule has 1 aliphatic rings. The van der Waals surface area contributed by atoms with Gasteiger partial charge in [-0.2, -0.15) is 4.98 Å². The Labute approximate surface area is 108 Å². The van der Waals surface area contributed by atoms with Crippen LogP contribution in [0.1, 0.15) is 57.3 Å². The van der Waals surface area contributed by atoms with Crippen LogP contribution in [0, 0.1) is 5.41 Å². The van der Waals surface area contributed by atoms with Crippen molar-refractivity contribution >= 4 is 0 Å². The van der Waals surface area contributed by atoms with E-state index in [0.717, 1.165) is 31.8 Å². The van der Waals surface area contributed by atoms with E-state index in [0.29, 0.717) is 11.7 Å². The number of hydrogen-bond acceptors (Lipinski definition) is 5. The number of methoxy groups -OCH3 is 1. The smallest absolute Gasteiger partial charge is 0.229 e. The van der Waals surface area contributed by atoms with Gasteiger partial charge in [0.25, 0.3) is 0 Å². The molecule has 5 nitrogen and oxygen atoms in total. The average Bonchev–Trinajstić information content (AvgIpc) is 2.78. The van der Waals surface area contributed by atoms with Gasteiger partial charge in [0, 0.05) is 13.0 Å². The SMILES string of the molecule is COC(c1noc(C2CCNCC2)n1)C(C)(C)C. The number of rotatable bonds is 3.